The maximum Gasteiger partial charge on any atom is 0.254 e. The second kappa shape index (κ2) is 7.72. The molecule has 6 nitrogen and oxygen atoms in total. The van der Waals surface area contributed by atoms with E-state index in [2.05, 4.69) is 22.2 Å². The van der Waals surface area contributed by atoms with Gasteiger partial charge in [-0.15, -0.1) is 5.10 Å². The number of nitrogens with zero attached hydrogens (tertiary/aromatic N) is 4. The number of ether oxygens (including phenoxy) is 1. The summed E-state index contributed by atoms with van der Waals surface area (Å²) in [7, 11) is 1.63. The number of benzene rings is 2. The summed E-state index contributed by atoms with van der Waals surface area (Å²) in [5.41, 5.74) is 4.70. The Labute approximate surface area is 174 Å². The van der Waals surface area contributed by atoms with Gasteiger partial charge < -0.3 is 10.1 Å². The molecule has 2 aromatic carbocycles. The van der Waals surface area contributed by atoms with Crippen molar-refractivity contribution in [3.63, 3.8) is 0 Å². The summed E-state index contributed by atoms with van der Waals surface area (Å²) in [5, 5.41) is 8.89. The summed E-state index contributed by atoms with van der Waals surface area (Å²) in [6.45, 7) is 6.05. The van der Waals surface area contributed by atoms with Gasteiger partial charge in [0, 0.05) is 27.9 Å². The standard InChI is InChI=1S/C22H22ClN5O/c1-5-16-14(3)24-22-26-20(15-9-7-6-8-10-15)27-28(22)21(16)25-18-11-13(2)17(23)12-19(18)29-4/h6-12,25H,5H2,1-4H3. The van der Waals surface area contributed by atoms with Gasteiger partial charge in [-0.05, 0) is 31.9 Å². The highest BCUT2D eigenvalue weighted by molar-refractivity contribution is 6.31. The Morgan fingerprint density at radius 2 is 1.86 bits per heavy atom. The number of rotatable bonds is 5. The zero-order valence-corrected chi connectivity index (χ0v) is 17.6. The van der Waals surface area contributed by atoms with E-state index in [0.29, 0.717) is 22.4 Å². The molecule has 0 aliphatic carbocycles. The molecule has 0 amide bonds. The van der Waals surface area contributed by atoms with Crippen molar-refractivity contribution in [3.05, 3.63) is 64.3 Å². The summed E-state index contributed by atoms with van der Waals surface area (Å²) in [6, 6.07) is 13.7. The molecular weight excluding hydrogens is 386 g/mol. The number of aryl methyl sites for hydroxylation is 2. The van der Waals surface area contributed by atoms with Crippen LogP contribution in [0.5, 0.6) is 5.75 Å². The normalized spacial score (nSPS) is 11.1. The van der Waals surface area contributed by atoms with E-state index in [0.717, 1.165) is 40.3 Å². The Balaban J connectivity index is 1.91. The van der Waals surface area contributed by atoms with Crippen molar-refractivity contribution in [3.8, 4) is 17.1 Å². The lowest BCUT2D eigenvalue weighted by Gasteiger charge is -2.17. The van der Waals surface area contributed by atoms with Crippen LogP contribution in [0.3, 0.4) is 0 Å². The van der Waals surface area contributed by atoms with E-state index in [-0.39, 0.29) is 0 Å². The van der Waals surface area contributed by atoms with Crippen LogP contribution in [0.1, 0.15) is 23.7 Å². The number of aromatic nitrogens is 4. The third-order valence-corrected chi connectivity index (χ3v) is 5.32. The first kappa shape index (κ1) is 19.2. The maximum atomic E-state index is 6.27. The monoisotopic (exact) mass is 407 g/mol. The predicted molar refractivity (Wildman–Crippen MR) is 116 cm³/mol. The van der Waals surface area contributed by atoms with E-state index >= 15 is 0 Å². The minimum atomic E-state index is 0.547. The topological polar surface area (TPSA) is 64.3 Å². The number of nitrogens with one attached hydrogen (secondary N) is 1. The summed E-state index contributed by atoms with van der Waals surface area (Å²) in [5.74, 6) is 2.66. The zero-order chi connectivity index (χ0) is 20.5. The van der Waals surface area contributed by atoms with E-state index in [1.54, 1.807) is 11.6 Å². The fourth-order valence-corrected chi connectivity index (χ4v) is 3.52. The third-order valence-electron chi connectivity index (χ3n) is 4.91. The van der Waals surface area contributed by atoms with E-state index in [9.17, 15) is 0 Å². The Hall–Kier alpha value is -3.12. The Morgan fingerprint density at radius 1 is 1.10 bits per heavy atom. The van der Waals surface area contributed by atoms with Crippen molar-refractivity contribution in [2.24, 2.45) is 0 Å². The molecule has 148 valence electrons. The van der Waals surface area contributed by atoms with Gasteiger partial charge in [0.15, 0.2) is 5.82 Å². The molecule has 0 bridgehead atoms. The predicted octanol–water partition coefficient (Wildman–Crippen LogP) is 5.38. The van der Waals surface area contributed by atoms with Gasteiger partial charge in [-0.3, -0.25) is 0 Å². The number of hydrogen-bond donors (Lipinski definition) is 1. The molecule has 2 heterocycles. The maximum absolute atomic E-state index is 6.27. The van der Waals surface area contributed by atoms with Gasteiger partial charge in [0.05, 0.1) is 12.8 Å². The molecule has 2 aromatic heterocycles. The molecule has 0 aliphatic heterocycles. The average molecular weight is 408 g/mol. The Morgan fingerprint density at radius 3 is 2.55 bits per heavy atom. The van der Waals surface area contributed by atoms with Crippen LogP contribution in [0.25, 0.3) is 17.2 Å². The Kier molecular flexibility index (Phi) is 5.11. The first-order valence-corrected chi connectivity index (χ1v) is 9.82. The van der Waals surface area contributed by atoms with Gasteiger partial charge >= 0.3 is 0 Å². The minimum absolute atomic E-state index is 0.547. The van der Waals surface area contributed by atoms with Crippen LogP contribution in [0, 0.1) is 13.8 Å². The quantitative estimate of drug-likeness (QED) is 0.481. The second-order valence-corrected chi connectivity index (χ2v) is 7.23. The lowest BCUT2D eigenvalue weighted by molar-refractivity contribution is 0.416. The number of halogens is 1. The van der Waals surface area contributed by atoms with Crippen LogP contribution in [0.15, 0.2) is 42.5 Å². The lowest BCUT2D eigenvalue weighted by atomic mass is 10.1. The summed E-state index contributed by atoms with van der Waals surface area (Å²) in [6.07, 6.45) is 0.798. The van der Waals surface area contributed by atoms with E-state index in [4.69, 9.17) is 21.4 Å². The SMILES string of the molecule is CCc1c(C)nc2nc(-c3ccccc3)nn2c1Nc1cc(C)c(Cl)cc1OC. The highest BCUT2D eigenvalue weighted by atomic mass is 35.5. The van der Waals surface area contributed by atoms with Gasteiger partial charge in [-0.25, -0.2) is 4.98 Å². The van der Waals surface area contributed by atoms with Crippen molar-refractivity contribution in [1.29, 1.82) is 0 Å². The second-order valence-electron chi connectivity index (χ2n) is 6.82. The first-order chi connectivity index (χ1) is 14.0. The van der Waals surface area contributed by atoms with Crippen LogP contribution in [0.2, 0.25) is 5.02 Å². The van der Waals surface area contributed by atoms with Gasteiger partial charge in [-0.2, -0.15) is 9.50 Å². The largest absolute Gasteiger partial charge is 0.495 e. The number of anilines is 2. The molecule has 0 aliphatic rings. The van der Waals surface area contributed by atoms with Crippen LogP contribution >= 0.6 is 11.6 Å². The van der Waals surface area contributed by atoms with E-state index in [1.807, 2.05) is 56.3 Å². The highest BCUT2D eigenvalue weighted by Gasteiger charge is 2.18. The number of methoxy groups -OCH3 is 1. The molecule has 0 saturated carbocycles. The van der Waals surface area contributed by atoms with Gasteiger partial charge in [0.1, 0.15) is 11.6 Å². The molecule has 0 fully saturated rings. The third kappa shape index (κ3) is 3.51. The average Bonchev–Trinajstić information content (AvgIpc) is 3.15. The molecule has 0 radical (unpaired) electrons. The molecule has 0 spiro atoms. The van der Waals surface area contributed by atoms with Gasteiger partial charge in [0.25, 0.3) is 5.78 Å². The molecule has 4 rings (SSSR count). The van der Waals surface area contributed by atoms with Crippen LogP contribution in [-0.2, 0) is 6.42 Å². The lowest BCUT2D eigenvalue weighted by Crippen LogP contribution is -2.09. The molecule has 0 atom stereocenters. The molecule has 1 N–H and O–H groups in total. The fourth-order valence-electron chi connectivity index (χ4n) is 3.36. The molecule has 4 aromatic rings. The molecule has 29 heavy (non-hydrogen) atoms. The van der Waals surface area contributed by atoms with Crippen molar-refractivity contribution >= 4 is 28.9 Å². The van der Waals surface area contributed by atoms with Crippen molar-refractivity contribution in [1.82, 2.24) is 19.6 Å². The number of fused-ring (bicyclic) bond motifs is 1. The zero-order valence-electron chi connectivity index (χ0n) is 16.8. The van der Waals surface area contributed by atoms with Crippen LogP contribution < -0.4 is 10.1 Å². The van der Waals surface area contributed by atoms with Crippen molar-refractivity contribution < 1.29 is 4.74 Å². The number of hydrogen-bond acceptors (Lipinski definition) is 5. The van der Waals surface area contributed by atoms with Gasteiger partial charge in [-0.1, -0.05) is 48.9 Å². The first-order valence-electron chi connectivity index (χ1n) is 9.44. The minimum Gasteiger partial charge on any atom is -0.495 e. The summed E-state index contributed by atoms with van der Waals surface area (Å²) >= 11 is 6.27. The van der Waals surface area contributed by atoms with Crippen molar-refractivity contribution in [2.75, 3.05) is 12.4 Å². The molecular formula is C22H22ClN5O. The fraction of sp³-hybridized carbons (Fsp3) is 0.227. The Bertz CT molecular complexity index is 1190. The van der Waals surface area contributed by atoms with E-state index in [1.165, 1.54) is 0 Å². The molecule has 0 saturated heterocycles. The van der Waals surface area contributed by atoms with Crippen LogP contribution in [-0.4, -0.2) is 26.7 Å². The summed E-state index contributed by atoms with van der Waals surface area (Å²) in [4.78, 5) is 9.31. The molecule has 0 unspecified atom stereocenters. The van der Waals surface area contributed by atoms with Crippen LogP contribution in [0.4, 0.5) is 11.5 Å². The molecule has 7 heteroatoms. The smallest absolute Gasteiger partial charge is 0.254 e. The van der Waals surface area contributed by atoms with Gasteiger partial charge in [0.2, 0.25) is 0 Å². The van der Waals surface area contributed by atoms with Crippen molar-refractivity contribution in [2.45, 2.75) is 27.2 Å². The highest BCUT2D eigenvalue weighted by Crippen LogP contribution is 2.34. The van der Waals surface area contributed by atoms with E-state index < -0.39 is 0 Å². The summed E-state index contributed by atoms with van der Waals surface area (Å²) < 4.78 is 7.30.